The summed E-state index contributed by atoms with van der Waals surface area (Å²) in [7, 11) is 0. The van der Waals surface area contributed by atoms with Crippen LogP contribution in [-0.4, -0.2) is 21.6 Å². The molecule has 0 bridgehead atoms. The number of aromatic nitrogens is 3. The Morgan fingerprint density at radius 3 is 2.52 bits per heavy atom. The van der Waals surface area contributed by atoms with E-state index in [1.54, 1.807) is 0 Å². The van der Waals surface area contributed by atoms with Crippen LogP contribution < -0.4 is 15.2 Å². The minimum absolute atomic E-state index is 0.0770. The van der Waals surface area contributed by atoms with Crippen molar-refractivity contribution >= 4 is 5.95 Å². The van der Waals surface area contributed by atoms with Crippen LogP contribution in [0.1, 0.15) is 38.7 Å². The van der Waals surface area contributed by atoms with Crippen molar-refractivity contribution in [1.29, 1.82) is 0 Å². The van der Waals surface area contributed by atoms with Crippen molar-refractivity contribution in [3.05, 3.63) is 29.8 Å². The minimum Gasteiger partial charge on any atom is -0.463 e. The standard InChI is InChI=1S/C15H20N4O2/c1-4-9-20-14-17-13(16)18-15(19-14)21-12-8-6-5-7-11(12)10(2)3/h5-8,10H,4,9H2,1-3H3,(H2,16,17,18,19). The van der Waals surface area contributed by atoms with Gasteiger partial charge in [-0.2, -0.15) is 9.97 Å². The van der Waals surface area contributed by atoms with Crippen LogP contribution in [0.4, 0.5) is 5.95 Å². The SMILES string of the molecule is CCCOc1nc(N)nc(Oc2ccccc2C(C)C)n1. The molecule has 0 radical (unpaired) electrons. The number of benzene rings is 1. The molecular weight excluding hydrogens is 268 g/mol. The third-order valence-electron chi connectivity index (χ3n) is 2.79. The number of hydrogen-bond acceptors (Lipinski definition) is 6. The lowest BCUT2D eigenvalue weighted by Gasteiger charge is -2.12. The van der Waals surface area contributed by atoms with E-state index in [0.717, 1.165) is 12.0 Å². The molecule has 112 valence electrons. The molecule has 0 amide bonds. The van der Waals surface area contributed by atoms with Gasteiger partial charge in [0.1, 0.15) is 5.75 Å². The zero-order valence-corrected chi connectivity index (χ0v) is 12.5. The van der Waals surface area contributed by atoms with Gasteiger partial charge < -0.3 is 15.2 Å². The molecule has 1 aromatic carbocycles. The first-order chi connectivity index (χ1) is 10.1. The molecule has 0 fully saturated rings. The number of anilines is 1. The van der Waals surface area contributed by atoms with E-state index in [4.69, 9.17) is 15.2 Å². The van der Waals surface area contributed by atoms with Gasteiger partial charge in [0.2, 0.25) is 5.95 Å². The van der Waals surface area contributed by atoms with Crippen molar-refractivity contribution in [2.45, 2.75) is 33.1 Å². The van der Waals surface area contributed by atoms with Gasteiger partial charge in [-0.05, 0) is 24.0 Å². The van der Waals surface area contributed by atoms with Crippen molar-refractivity contribution in [2.75, 3.05) is 12.3 Å². The first-order valence-corrected chi connectivity index (χ1v) is 7.01. The largest absolute Gasteiger partial charge is 0.463 e. The maximum Gasteiger partial charge on any atom is 0.330 e. The fraction of sp³-hybridized carbons (Fsp3) is 0.400. The number of nitrogens with two attached hydrogens (primary N) is 1. The number of rotatable bonds is 6. The van der Waals surface area contributed by atoms with Crippen LogP contribution in [0, 0.1) is 0 Å². The zero-order chi connectivity index (χ0) is 15.2. The van der Waals surface area contributed by atoms with Gasteiger partial charge in [0.25, 0.3) is 0 Å². The van der Waals surface area contributed by atoms with Gasteiger partial charge in [-0.1, -0.05) is 39.0 Å². The Bertz CT molecular complexity index is 602. The van der Waals surface area contributed by atoms with E-state index >= 15 is 0 Å². The first-order valence-electron chi connectivity index (χ1n) is 7.01. The van der Waals surface area contributed by atoms with Crippen molar-refractivity contribution in [3.63, 3.8) is 0 Å². The highest BCUT2D eigenvalue weighted by Crippen LogP contribution is 2.29. The molecule has 0 saturated heterocycles. The lowest BCUT2D eigenvalue weighted by atomic mass is 10.0. The van der Waals surface area contributed by atoms with Crippen molar-refractivity contribution in [3.8, 4) is 17.8 Å². The average molecular weight is 288 g/mol. The summed E-state index contributed by atoms with van der Waals surface area (Å²) in [6.07, 6.45) is 0.859. The molecule has 6 nitrogen and oxygen atoms in total. The normalized spacial score (nSPS) is 10.7. The third-order valence-corrected chi connectivity index (χ3v) is 2.79. The van der Waals surface area contributed by atoms with Crippen molar-refractivity contribution < 1.29 is 9.47 Å². The fourth-order valence-electron chi connectivity index (χ4n) is 1.81. The molecule has 2 aromatic rings. The summed E-state index contributed by atoms with van der Waals surface area (Å²) in [6, 6.07) is 8.09. The van der Waals surface area contributed by atoms with Gasteiger partial charge in [-0.3, -0.25) is 0 Å². The number of nitrogens with zero attached hydrogens (tertiary/aromatic N) is 3. The van der Waals surface area contributed by atoms with Gasteiger partial charge in [0.05, 0.1) is 6.61 Å². The van der Waals surface area contributed by atoms with Crippen LogP contribution >= 0.6 is 0 Å². The topological polar surface area (TPSA) is 83.2 Å². The average Bonchev–Trinajstić information content (AvgIpc) is 2.45. The summed E-state index contributed by atoms with van der Waals surface area (Å²) in [6.45, 7) is 6.71. The van der Waals surface area contributed by atoms with Gasteiger partial charge in [0, 0.05) is 0 Å². The molecule has 0 aliphatic heterocycles. The quantitative estimate of drug-likeness (QED) is 0.879. The highest BCUT2D eigenvalue weighted by molar-refractivity contribution is 5.37. The Balaban J connectivity index is 2.25. The van der Waals surface area contributed by atoms with Gasteiger partial charge in [-0.15, -0.1) is 4.98 Å². The molecule has 1 aromatic heterocycles. The smallest absolute Gasteiger partial charge is 0.330 e. The number of para-hydroxylation sites is 1. The molecule has 0 spiro atoms. The molecule has 1 heterocycles. The van der Waals surface area contributed by atoms with Crippen LogP contribution in [0.15, 0.2) is 24.3 Å². The molecule has 2 rings (SSSR count). The Kier molecular flexibility index (Phi) is 4.92. The van der Waals surface area contributed by atoms with Crippen LogP contribution in [-0.2, 0) is 0 Å². The molecule has 0 aliphatic rings. The predicted octanol–water partition coefficient (Wildman–Crippen LogP) is 3.16. The Hall–Kier alpha value is -2.37. The molecular formula is C15H20N4O2. The second-order valence-electron chi connectivity index (χ2n) is 4.90. The monoisotopic (exact) mass is 288 g/mol. The first kappa shape index (κ1) is 15.0. The summed E-state index contributed by atoms with van der Waals surface area (Å²) < 4.78 is 11.1. The number of hydrogen-bond donors (Lipinski definition) is 1. The van der Waals surface area contributed by atoms with Crippen LogP contribution in [0.25, 0.3) is 0 Å². The zero-order valence-electron chi connectivity index (χ0n) is 12.5. The number of ether oxygens (including phenoxy) is 2. The summed E-state index contributed by atoms with van der Waals surface area (Å²) in [5.74, 6) is 1.11. The predicted molar refractivity (Wildman–Crippen MR) is 80.6 cm³/mol. The highest BCUT2D eigenvalue weighted by atomic mass is 16.5. The van der Waals surface area contributed by atoms with E-state index in [0.29, 0.717) is 18.3 Å². The summed E-state index contributed by atoms with van der Waals surface area (Å²) in [4.78, 5) is 12.0. The van der Waals surface area contributed by atoms with Gasteiger partial charge >= 0.3 is 12.0 Å². The van der Waals surface area contributed by atoms with Crippen LogP contribution in [0.5, 0.6) is 17.8 Å². The highest BCUT2D eigenvalue weighted by Gasteiger charge is 2.12. The summed E-state index contributed by atoms with van der Waals surface area (Å²) in [5, 5.41) is 0. The van der Waals surface area contributed by atoms with Gasteiger partial charge in [-0.25, -0.2) is 0 Å². The van der Waals surface area contributed by atoms with E-state index in [1.165, 1.54) is 0 Å². The minimum atomic E-state index is 0.0770. The van der Waals surface area contributed by atoms with Crippen molar-refractivity contribution in [1.82, 2.24) is 15.0 Å². The maximum atomic E-state index is 5.75. The van der Waals surface area contributed by atoms with Crippen LogP contribution in [0.2, 0.25) is 0 Å². The second-order valence-corrected chi connectivity index (χ2v) is 4.90. The van der Waals surface area contributed by atoms with E-state index < -0.39 is 0 Å². The van der Waals surface area contributed by atoms with E-state index in [2.05, 4.69) is 28.8 Å². The fourth-order valence-corrected chi connectivity index (χ4v) is 1.81. The Morgan fingerprint density at radius 1 is 1.10 bits per heavy atom. The molecule has 0 saturated carbocycles. The number of nitrogen functional groups attached to an aromatic ring is 1. The molecule has 2 N–H and O–H groups in total. The third kappa shape index (κ3) is 4.05. The Morgan fingerprint density at radius 2 is 1.81 bits per heavy atom. The Labute approximate surface area is 124 Å². The van der Waals surface area contributed by atoms with Crippen LogP contribution in [0.3, 0.4) is 0 Å². The lowest BCUT2D eigenvalue weighted by Crippen LogP contribution is -2.06. The molecule has 0 unspecified atom stereocenters. The lowest BCUT2D eigenvalue weighted by molar-refractivity contribution is 0.285. The molecule has 6 heteroatoms. The molecule has 0 aliphatic carbocycles. The van der Waals surface area contributed by atoms with E-state index in [1.807, 2.05) is 31.2 Å². The maximum absolute atomic E-state index is 5.75. The van der Waals surface area contributed by atoms with E-state index in [-0.39, 0.29) is 18.0 Å². The summed E-state index contributed by atoms with van der Waals surface area (Å²) in [5.41, 5.74) is 6.74. The van der Waals surface area contributed by atoms with Gasteiger partial charge in [0.15, 0.2) is 0 Å². The second kappa shape index (κ2) is 6.88. The summed E-state index contributed by atoms with van der Waals surface area (Å²) >= 11 is 0. The van der Waals surface area contributed by atoms with E-state index in [9.17, 15) is 0 Å². The molecule has 21 heavy (non-hydrogen) atoms. The van der Waals surface area contributed by atoms with Crippen molar-refractivity contribution in [2.24, 2.45) is 0 Å². The molecule has 0 atom stereocenters.